The predicted molar refractivity (Wildman–Crippen MR) is 116 cm³/mol. The molecular weight excluding hydrogens is 358 g/mol. The third kappa shape index (κ3) is 2.78. The molecule has 4 aliphatic carbocycles. The van der Waals surface area contributed by atoms with E-state index >= 15 is 0 Å². The molecule has 4 heteroatoms. The smallest absolute Gasteiger partial charge is 0.228 e. The fourth-order valence-electron chi connectivity index (χ4n) is 7.47. The highest BCUT2D eigenvalue weighted by molar-refractivity contribution is 5.84. The molecule has 0 radical (unpaired) electrons. The van der Waals surface area contributed by atoms with Gasteiger partial charge in [0.15, 0.2) is 0 Å². The molecule has 4 saturated carbocycles. The van der Waals surface area contributed by atoms with Gasteiger partial charge in [-0.1, -0.05) is 44.2 Å². The van der Waals surface area contributed by atoms with Crippen LogP contribution in [0, 0.1) is 22.7 Å². The van der Waals surface area contributed by atoms with Crippen molar-refractivity contribution in [1.82, 2.24) is 4.90 Å². The van der Waals surface area contributed by atoms with Crippen molar-refractivity contribution in [2.24, 2.45) is 34.1 Å². The van der Waals surface area contributed by atoms with Crippen molar-refractivity contribution in [1.29, 1.82) is 0 Å². The standard InChI is InChI=1S/C25H35N3O/c1-23(2)16-28(9-8-21(23)27)22(29)25-12-17-10-24(15-25,19-6-4-3-5-7-19)11-18(13-25)20(17)14-26/h3-7,14,17-18,21H,8-13,15-16,26-27H2,1-2H3/t17?,18?,21-,24?,25?/m0/s1. The Bertz CT molecular complexity index is 825. The van der Waals surface area contributed by atoms with Crippen molar-refractivity contribution in [2.45, 2.75) is 63.8 Å². The topological polar surface area (TPSA) is 72.3 Å². The molecule has 4 N–H and O–H groups in total. The third-order valence-electron chi connectivity index (χ3n) is 8.80. The normalized spacial score (nSPS) is 40.2. The highest BCUT2D eigenvalue weighted by Crippen LogP contribution is 2.67. The van der Waals surface area contributed by atoms with E-state index in [-0.39, 0.29) is 22.3 Å². The van der Waals surface area contributed by atoms with Gasteiger partial charge in [0.2, 0.25) is 5.91 Å². The van der Waals surface area contributed by atoms with Crippen LogP contribution in [0.1, 0.15) is 57.9 Å². The maximum Gasteiger partial charge on any atom is 0.228 e. The average Bonchev–Trinajstić information content (AvgIpc) is 2.70. The minimum atomic E-state index is -0.230. The molecule has 1 saturated heterocycles. The maximum atomic E-state index is 14.0. The summed E-state index contributed by atoms with van der Waals surface area (Å²) in [5.41, 5.74) is 15.1. The summed E-state index contributed by atoms with van der Waals surface area (Å²) in [4.78, 5) is 16.2. The lowest BCUT2D eigenvalue weighted by Gasteiger charge is -2.63. The summed E-state index contributed by atoms with van der Waals surface area (Å²) in [6.45, 7) is 6.00. The molecule has 5 fully saturated rings. The predicted octanol–water partition coefficient (Wildman–Crippen LogP) is 3.56. The number of hydrogen-bond acceptors (Lipinski definition) is 3. The zero-order valence-electron chi connectivity index (χ0n) is 17.9. The summed E-state index contributed by atoms with van der Waals surface area (Å²) < 4.78 is 0. The molecule has 0 spiro atoms. The summed E-state index contributed by atoms with van der Waals surface area (Å²) in [5.74, 6) is 1.29. The average molecular weight is 394 g/mol. The van der Waals surface area contributed by atoms with Gasteiger partial charge < -0.3 is 16.4 Å². The molecule has 4 nitrogen and oxygen atoms in total. The summed E-state index contributed by atoms with van der Waals surface area (Å²) in [7, 11) is 0. The van der Waals surface area contributed by atoms with Crippen LogP contribution in [0.3, 0.4) is 0 Å². The van der Waals surface area contributed by atoms with Crippen LogP contribution in [0.2, 0.25) is 0 Å². The lowest BCUT2D eigenvalue weighted by Crippen LogP contribution is -2.63. The molecule has 1 amide bonds. The van der Waals surface area contributed by atoms with Crippen LogP contribution in [0.4, 0.5) is 0 Å². The second kappa shape index (κ2) is 6.34. The van der Waals surface area contributed by atoms with E-state index in [1.165, 1.54) is 11.1 Å². The molecule has 1 aromatic rings. The van der Waals surface area contributed by atoms with Gasteiger partial charge in [-0.15, -0.1) is 0 Å². The molecule has 6 rings (SSSR count). The Labute approximate surface area is 174 Å². The largest absolute Gasteiger partial charge is 0.405 e. The van der Waals surface area contributed by atoms with Gasteiger partial charge in [-0.05, 0) is 78.5 Å². The SMILES string of the molecule is CC1(C)CN(C(=O)C23CC4CC(c5ccccc5)(CC(C2)C4=CN)C3)CC[C@@H]1N. The van der Waals surface area contributed by atoms with E-state index < -0.39 is 0 Å². The summed E-state index contributed by atoms with van der Waals surface area (Å²) in [6, 6.07) is 11.1. The maximum absolute atomic E-state index is 14.0. The van der Waals surface area contributed by atoms with Gasteiger partial charge in [0.25, 0.3) is 0 Å². The van der Waals surface area contributed by atoms with Crippen LogP contribution in [-0.4, -0.2) is 29.9 Å². The number of allylic oxidation sites excluding steroid dienone is 1. The van der Waals surface area contributed by atoms with E-state index in [9.17, 15) is 4.79 Å². The number of piperidine rings is 1. The van der Waals surface area contributed by atoms with Gasteiger partial charge in [-0.25, -0.2) is 0 Å². The minimum absolute atomic E-state index is 0.0182. The monoisotopic (exact) mass is 393 g/mol. The van der Waals surface area contributed by atoms with Crippen molar-refractivity contribution in [2.75, 3.05) is 13.1 Å². The van der Waals surface area contributed by atoms with E-state index in [2.05, 4.69) is 49.1 Å². The number of carbonyl (C=O) groups is 1. The van der Waals surface area contributed by atoms with E-state index in [0.717, 1.165) is 51.6 Å². The number of carbonyl (C=O) groups excluding carboxylic acids is 1. The number of rotatable bonds is 2. The molecule has 29 heavy (non-hydrogen) atoms. The van der Waals surface area contributed by atoms with Gasteiger partial charge in [0.1, 0.15) is 0 Å². The Hall–Kier alpha value is -1.81. The van der Waals surface area contributed by atoms with Crippen molar-refractivity contribution < 1.29 is 4.79 Å². The van der Waals surface area contributed by atoms with E-state index in [1.54, 1.807) is 0 Å². The molecule has 1 aromatic carbocycles. The molecular formula is C25H35N3O. The first-order chi connectivity index (χ1) is 13.8. The van der Waals surface area contributed by atoms with Crippen LogP contribution < -0.4 is 11.5 Å². The van der Waals surface area contributed by atoms with Gasteiger partial charge in [0, 0.05) is 19.1 Å². The minimum Gasteiger partial charge on any atom is -0.405 e. The van der Waals surface area contributed by atoms with Gasteiger partial charge in [-0.2, -0.15) is 0 Å². The lowest BCUT2D eigenvalue weighted by molar-refractivity contribution is -0.159. The molecule has 2 unspecified atom stereocenters. The van der Waals surface area contributed by atoms with Crippen molar-refractivity contribution >= 4 is 5.91 Å². The van der Waals surface area contributed by atoms with Crippen LogP contribution in [0.15, 0.2) is 42.1 Å². The van der Waals surface area contributed by atoms with E-state index in [4.69, 9.17) is 11.5 Å². The number of benzene rings is 1. The quantitative estimate of drug-likeness (QED) is 0.807. The zero-order chi connectivity index (χ0) is 20.4. The highest BCUT2D eigenvalue weighted by atomic mass is 16.2. The van der Waals surface area contributed by atoms with E-state index in [0.29, 0.717) is 17.7 Å². The number of likely N-dealkylation sites (tertiary alicyclic amines) is 1. The molecule has 3 atom stereocenters. The molecule has 1 aliphatic heterocycles. The van der Waals surface area contributed by atoms with Gasteiger partial charge in [0.05, 0.1) is 5.41 Å². The van der Waals surface area contributed by atoms with E-state index in [1.807, 2.05) is 6.20 Å². The van der Waals surface area contributed by atoms with Crippen molar-refractivity contribution in [3.63, 3.8) is 0 Å². The number of nitrogens with zero attached hydrogens (tertiary/aromatic N) is 1. The highest BCUT2D eigenvalue weighted by Gasteiger charge is 2.63. The van der Waals surface area contributed by atoms with Crippen LogP contribution >= 0.6 is 0 Å². The number of hydrogen-bond donors (Lipinski definition) is 2. The van der Waals surface area contributed by atoms with Crippen LogP contribution in [0.25, 0.3) is 0 Å². The first-order valence-electron chi connectivity index (χ1n) is 11.3. The Kier molecular flexibility index (Phi) is 4.19. The fraction of sp³-hybridized carbons (Fsp3) is 0.640. The third-order valence-corrected chi connectivity index (χ3v) is 8.80. The Morgan fingerprint density at radius 3 is 2.34 bits per heavy atom. The first kappa shape index (κ1) is 19.2. The summed E-state index contributed by atoms with van der Waals surface area (Å²) in [6.07, 6.45) is 8.00. The molecule has 156 valence electrons. The zero-order valence-corrected chi connectivity index (χ0v) is 17.9. The second-order valence-electron chi connectivity index (χ2n) is 11.1. The van der Waals surface area contributed by atoms with Crippen LogP contribution in [-0.2, 0) is 10.2 Å². The molecule has 0 aromatic heterocycles. The number of nitrogens with two attached hydrogens (primary N) is 2. The Morgan fingerprint density at radius 1 is 1.10 bits per heavy atom. The van der Waals surface area contributed by atoms with Crippen molar-refractivity contribution in [3.05, 3.63) is 47.7 Å². The van der Waals surface area contributed by atoms with Gasteiger partial charge >= 0.3 is 0 Å². The summed E-state index contributed by atoms with van der Waals surface area (Å²) in [5, 5.41) is 0. The molecule has 5 aliphatic rings. The van der Waals surface area contributed by atoms with Gasteiger partial charge in [-0.3, -0.25) is 4.79 Å². The molecule has 1 heterocycles. The summed E-state index contributed by atoms with van der Waals surface area (Å²) >= 11 is 0. The lowest BCUT2D eigenvalue weighted by atomic mass is 9.41. The Morgan fingerprint density at radius 2 is 1.76 bits per heavy atom. The second-order valence-corrected chi connectivity index (χ2v) is 11.1. The van der Waals surface area contributed by atoms with Crippen LogP contribution in [0.5, 0.6) is 0 Å². The number of amides is 1. The molecule has 4 bridgehead atoms. The fourth-order valence-corrected chi connectivity index (χ4v) is 7.47. The Balaban J connectivity index is 1.51. The van der Waals surface area contributed by atoms with Crippen molar-refractivity contribution in [3.8, 4) is 0 Å². The first-order valence-corrected chi connectivity index (χ1v) is 11.3.